The minimum absolute atomic E-state index is 0.109. The number of carbonyl (C=O) groups is 1. The standard InChI is InChI=1S/C25H28N2O4S/c1-27(32(2,29)30)22-13-15-23(16-14-22)31-19-25(28)26-18-17-24(20-9-5-3-6-10-20)21-11-7-4-8-12-21/h3-16,24H,17-19H2,1-2H3,(H,26,28). The van der Waals surface area contributed by atoms with Gasteiger partial charge in [0, 0.05) is 19.5 Å². The minimum Gasteiger partial charge on any atom is -0.484 e. The Morgan fingerprint density at radius 2 is 1.44 bits per heavy atom. The van der Waals surface area contributed by atoms with Crippen molar-refractivity contribution in [3.63, 3.8) is 0 Å². The van der Waals surface area contributed by atoms with Gasteiger partial charge >= 0.3 is 0 Å². The number of sulfonamides is 1. The van der Waals surface area contributed by atoms with E-state index in [2.05, 4.69) is 29.6 Å². The van der Waals surface area contributed by atoms with Gasteiger partial charge in [-0.15, -0.1) is 0 Å². The summed E-state index contributed by atoms with van der Waals surface area (Å²) in [5.41, 5.74) is 2.95. The third-order valence-corrected chi connectivity index (χ3v) is 6.43. The lowest BCUT2D eigenvalue weighted by Gasteiger charge is -2.18. The molecule has 0 aliphatic rings. The molecule has 7 heteroatoms. The van der Waals surface area contributed by atoms with Gasteiger partial charge in [0.15, 0.2) is 6.61 Å². The topological polar surface area (TPSA) is 75.7 Å². The maximum Gasteiger partial charge on any atom is 0.257 e. The van der Waals surface area contributed by atoms with Crippen LogP contribution < -0.4 is 14.4 Å². The van der Waals surface area contributed by atoms with Crippen molar-refractivity contribution in [1.82, 2.24) is 5.32 Å². The summed E-state index contributed by atoms with van der Waals surface area (Å²) in [5.74, 6) is 0.484. The zero-order chi connectivity index (χ0) is 23.0. The molecule has 0 radical (unpaired) electrons. The van der Waals surface area contributed by atoms with E-state index in [4.69, 9.17) is 4.74 Å². The summed E-state index contributed by atoms with van der Waals surface area (Å²) in [5, 5.41) is 2.92. The molecule has 3 aromatic rings. The van der Waals surface area contributed by atoms with E-state index in [0.29, 0.717) is 18.0 Å². The molecule has 0 unspecified atom stereocenters. The van der Waals surface area contributed by atoms with E-state index in [0.717, 1.165) is 12.7 Å². The molecule has 1 N–H and O–H groups in total. The van der Waals surface area contributed by atoms with Gasteiger partial charge in [0.1, 0.15) is 5.75 Å². The third kappa shape index (κ3) is 6.59. The highest BCUT2D eigenvalue weighted by Crippen LogP contribution is 2.27. The van der Waals surface area contributed by atoms with E-state index in [-0.39, 0.29) is 18.4 Å². The van der Waals surface area contributed by atoms with Gasteiger partial charge < -0.3 is 10.1 Å². The number of amides is 1. The first kappa shape index (κ1) is 23.3. The second-order valence-corrected chi connectivity index (χ2v) is 9.54. The second kappa shape index (κ2) is 10.8. The maximum absolute atomic E-state index is 12.3. The number of ether oxygens (including phenoxy) is 1. The average Bonchev–Trinajstić information content (AvgIpc) is 2.81. The van der Waals surface area contributed by atoms with Crippen LogP contribution in [0, 0.1) is 0 Å². The van der Waals surface area contributed by atoms with Gasteiger partial charge in [0.05, 0.1) is 11.9 Å². The fourth-order valence-corrected chi connectivity index (χ4v) is 3.90. The van der Waals surface area contributed by atoms with Crippen LogP contribution in [0.15, 0.2) is 84.9 Å². The van der Waals surface area contributed by atoms with E-state index >= 15 is 0 Å². The van der Waals surface area contributed by atoms with Crippen LogP contribution in [0.3, 0.4) is 0 Å². The molecule has 3 rings (SSSR count). The van der Waals surface area contributed by atoms with Gasteiger partial charge in [-0.05, 0) is 41.8 Å². The lowest BCUT2D eigenvalue weighted by Crippen LogP contribution is -2.30. The Labute approximate surface area is 189 Å². The predicted octanol–water partition coefficient (Wildman–Crippen LogP) is 3.80. The molecule has 3 aromatic carbocycles. The summed E-state index contributed by atoms with van der Waals surface area (Å²) >= 11 is 0. The Morgan fingerprint density at radius 3 is 1.94 bits per heavy atom. The van der Waals surface area contributed by atoms with E-state index in [1.165, 1.54) is 22.5 Å². The molecule has 0 saturated carbocycles. The highest BCUT2D eigenvalue weighted by Gasteiger charge is 2.15. The number of hydrogen-bond donors (Lipinski definition) is 1. The smallest absolute Gasteiger partial charge is 0.257 e. The molecule has 32 heavy (non-hydrogen) atoms. The van der Waals surface area contributed by atoms with Crippen molar-refractivity contribution < 1.29 is 17.9 Å². The first-order valence-corrected chi connectivity index (χ1v) is 12.2. The fourth-order valence-electron chi connectivity index (χ4n) is 3.40. The predicted molar refractivity (Wildman–Crippen MR) is 128 cm³/mol. The Hall–Kier alpha value is -3.32. The van der Waals surface area contributed by atoms with Crippen molar-refractivity contribution in [3.8, 4) is 5.75 Å². The lowest BCUT2D eigenvalue weighted by molar-refractivity contribution is -0.123. The van der Waals surface area contributed by atoms with Crippen LogP contribution in [-0.2, 0) is 14.8 Å². The molecule has 0 aliphatic heterocycles. The van der Waals surface area contributed by atoms with Crippen LogP contribution in [0.1, 0.15) is 23.5 Å². The van der Waals surface area contributed by atoms with E-state index in [1.54, 1.807) is 24.3 Å². The fraction of sp³-hybridized carbons (Fsp3) is 0.240. The third-order valence-electron chi connectivity index (χ3n) is 5.23. The quantitative estimate of drug-likeness (QED) is 0.508. The molecule has 0 atom stereocenters. The van der Waals surface area contributed by atoms with Crippen molar-refractivity contribution in [3.05, 3.63) is 96.1 Å². The summed E-state index contributed by atoms with van der Waals surface area (Å²) in [7, 11) is -1.84. The number of benzene rings is 3. The Balaban J connectivity index is 1.51. The molecule has 0 spiro atoms. The van der Waals surface area contributed by atoms with Gasteiger partial charge in [0.25, 0.3) is 5.91 Å². The molecule has 1 amide bonds. The summed E-state index contributed by atoms with van der Waals surface area (Å²) in [6.45, 7) is 0.414. The molecule has 0 saturated heterocycles. The number of hydrogen-bond acceptors (Lipinski definition) is 4. The highest BCUT2D eigenvalue weighted by atomic mass is 32.2. The zero-order valence-corrected chi connectivity index (χ0v) is 19.1. The van der Waals surface area contributed by atoms with Crippen LogP contribution in [0.5, 0.6) is 5.75 Å². The van der Waals surface area contributed by atoms with E-state index < -0.39 is 10.0 Å². The lowest BCUT2D eigenvalue weighted by atomic mass is 9.88. The monoisotopic (exact) mass is 452 g/mol. The van der Waals surface area contributed by atoms with Gasteiger partial charge in [-0.25, -0.2) is 8.42 Å². The van der Waals surface area contributed by atoms with Crippen molar-refractivity contribution in [2.24, 2.45) is 0 Å². The van der Waals surface area contributed by atoms with Crippen molar-refractivity contribution in [2.45, 2.75) is 12.3 Å². The first-order valence-electron chi connectivity index (χ1n) is 10.4. The van der Waals surface area contributed by atoms with Crippen LogP contribution in [-0.4, -0.2) is 40.8 Å². The van der Waals surface area contributed by atoms with Crippen LogP contribution >= 0.6 is 0 Å². The normalized spacial score (nSPS) is 11.2. The SMILES string of the molecule is CN(c1ccc(OCC(=O)NCCC(c2ccccc2)c2ccccc2)cc1)S(C)(=O)=O. The molecule has 6 nitrogen and oxygen atoms in total. The maximum atomic E-state index is 12.3. The molecule has 0 bridgehead atoms. The number of carbonyl (C=O) groups excluding carboxylic acids is 1. The van der Waals surface area contributed by atoms with Crippen molar-refractivity contribution in [1.29, 1.82) is 0 Å². The molecular formula is C25H28N2O4S. The Kier molecular flexibility index (Phi) is 7.89. The van der Waals surface area contributed by atoms with Crippen molar-refractivity contribution >= 4 is 21.6 Å². The van der Waals surface area contributed by atoms with E-state index in [9.17, 15) is 13.2 Å². The molecule has 0 aromatic heterocycles. The van der Waals surface area contributed by atoms with Crippen LogP contribution in [0.25, 0.3) is 0 Å². The van der Waals surface area contributed by atoms with Gasteiger partial charge in [-0.2, -0.15) is 0 Å². The van der Waals surface area contributed by atoms with Gasteiger partial charge in [-0.1, -0.05) is 60.7 Å². The largest absolute Gasteiger partial charge is 0.484 e. The first-order chi connectivity index (χ1) is 15.3. The highest BCUT2D eigenvalue weighted by molar-refractivity contribution is 7.92. The van der Waals surface area contributed by atoms with Crippen LogP contribution in [0.2, 0.25) is 0 Å². The summed E-state index contributed by atoms with van der Waals surface area (Å²) in [4.78, 5) is 12.3. The molecule has 0 aliphatic carbocycles. The average molecular weight is 453 g/mol. The summed E-state index contributed by atoms with van der Waals surface area (Å²) in [6, 6.07) is 27.1. The summed E-state index contributed by atoms with van der Waals surface area (Å²) < 4.78 is 29.9. The number of nitrogens with zero attached hydrogens (tertiary/aromatic N) is 1. The number of nitrogens with one attached hydrogen (secondary N) is 1. The molecular weight excluding hydrogens is 424 g/mol. The molecule has 168 valence electrons. The zero-order valence-electron chi connectivity index (χ0n) is 18.3. The molecule has 0 heterocycles. The van der Waals surface area contributed by atoms with Crippen LogP contribution in [0.4, 0.5) is 5.69 Å². The minimum atomic E-state index is -3.32. The van der Waals surface area contributed by atoms with Gasteiger partial charge in [-0.3, -0.25) is 9.10 Å². The second-order valence-electron chi connectivity index (χ2n) is 7.53. The van der Waals surface area contributed by atoms with Crippen molar-refractivity contribution in [2.75, 3.05) is 30.8 Å². The van der Waals surface area contributed by atoms with E-state index in [1.807, 2.05) is 36.4 Å². The molecule has 0 fully saturated rings. The Bertz CT molecular complexity index is 1060. The van der Waals surface area contributed by atoms with Gasteiger partial charge in [0.2, 0.25) is 10.0 Å². The summed E-state index contributed by atoms with van der Waals surface area (Å²) in [6.07, 6.45) is 1.91. The Morgan fingerprint density at radius 1 is 0.906 bits per heavy atom. The number of rotatable bonds is 10. The number of anilines is 1.